The first kappa shape index (κ1) is 15.4. The Hall–Kier alpha value is -1.62. The van der Waals surface area contributed by atoms with E-state index in [1.54, 1.807) is 30.3 Å². The van der Waals surface area contributed by atoms with Crippen molar-refractivity contribution in [2.24, 2.45) is 0 Å². The summed E-state index contributed by atoms with van der Waals surface area (Å²) in [6.07, 6.45) is 1.05. The second-order valence-electron chi connectivity index (χ2n) is 3.39. The summed E-state index contributed by atoms with van der Waals surface area (Å²) < 4.78 is 30.7. The third kappa shape index (κ3) is 5.26. The first-order valence-corrected chi connectivity index (χ1v) is 6.81. The summed E-state index contributed by atoms with van der Waals surface area (Å²) in [5.41, 5.74) is 0. The van der Waals surface area contributed by atoms with Gasteiger partial charge in [0.15, 0.2) is 0 Å². The molecule has 0 saturated carbocycles. The number of phosphoric ester groups is 1. The fourth-order valence-electron chi connectivity index (χ4n) is 1.15. The average Bonchev–Trinajstić information content (AvgIpc) is 2.39. The number of carbonyl (C=O) groups excluding carboxylic acids is 1. The van der Waals surface area contributed by atoms with Gasteiger partial charge in [0.25, 0.3) is 0 Å². The summed E-state index contributed by atoms with van der Waals surface area (Å²) in [4.78, 5) is 11.5. The van der Waals surface area contributed by atoms with Gasteiger partial charge >= 0.3 is 13.8 Å². The molecular weight excluding hydrogens is 271 g/mol. The molecule has 6 nitrogen and oxygen atoms in total. The van der Waals surface area contributed by atoms with Gasteiger partial charge in [0, 0.05) is 14.2 Å². The van der Waals surface area contributed by atoms with Crippen LogP contribution in [0.4, 0.5) is 0 Å². The lowest BCUT2D eigenvalue weighted by Gasteiger charge is -2.14. The highest BCUT2D eigenvalue weighted by Gasteiger charge is 2.24. The molecule has 0 bridgehead atoms. The van der Waals surface area contributed by atoms with Crippen molar-refractivity contribution in [1.82, 2.24) is 0 Å². The van der Waals surface area contributed by atoms with Crippen molar-refractivity contribution in [3.8, 4) is 5.75 Å². The van der Waals surface area contributed by atoms with Crippen molar-refractivity contribution >= 4 is 13.8 Å². The molecule has 104 valence electrons. The quantitative estimate of drug-likeness (QED) is 0.263. The molecule has 1 aromatic rings. The number of benzene rings is 1. The van der Waals surface area contributed by atoms with E-state index in [9.17, 15) is 9.36 Å². The van der Waals surface area contributed by atoms with Crippen molar-refractivity contribution in [3.63, 3.8) is 0 Å². The number of phosphoric acid groups is 1. The van der Waals surface area contributed by atoms with Gasteiger partial charge in [-0.3, -0.25) is 9.05 Å². The van der Waals surface area contributed by atoms with Gasteiger partial charge in [-0.05, 0) is 19.1 Å². The SMILES string of the molecule is COP(=O)(OC)O/C(C)=C/C(=O)Oc1ccccc1. The second-order valence-corrected chi connectivity index (χ2v) is 5.20. The largest absolute Gasteiger partial charge is 0.529 e. The van der Waals surface area contributed by atoms with Gasteiger partial charge < -0.3 is 9.26 Å². The maximum Gasteiger partial charge on any atom is 0.529 e. The maximum atomic E-state index is 11.6. The Morgan fingerprint density at radius 2 is 1.74 bits per heavy atom. The number of ether oxygens (including phenoxy) is 1. The van der Waals surface area contributed by atoms with Gasteiger partial charge in [-0.1, -0.05) is 18.2 Å². The Balaban J connectivity index is 2.64. The molecular formula is C12H15O6P. The maximum absolute atomic E-state index is 11.6. The van der Waals surface area contributed by atoms with E-state index in [2.05, 4.69) is 9.05 Å². The number of allylic oxidation sites excluding steroid dienone is 1. The van der Waals surface area contributed by atoms with Crippen LogP contribution in [0.15, 0.2) is 42.2 Å². The zero-order valence-corrected chi connectivity index (χ0v) is 11.8. The van der Waals surface area contributed by atoms with E-state index in [0.29, 0.717) is 5.75 Å². The predicted molar refractivity (Wildman–Crippen MR) is 68.5 cm³/mol. The summed E-state index contributed by atoms with van der Waals surface area (Å²) in [6.45, 7) is 1.44. The summed E-state index contributed by atoms with van der Waals surface area (Å²) in [5.74, 6) is -0.186. The van der Waals surface area contributed by atoms with Crippen LogP contribution in [0, 0.1) is 0 Å². The molecule has 0 aliphatic carbocycles. The molecule has 0 saturated heterocycles. The van der Waals surface area contributed by atoms with Crippen LogP contribution in [0.25, 0.3) is 0 Å². The molecule has 1 aromatic carbocycles. The normalized spacial score (nSPS) is 12.1. The van der Waals surface area contributed by atoms with E-state index in [4.69, 9.17) is 9.26 Å². The van der Waals surface area contributed by atoms with Crippen LogP contribution in [0.2, 0.25) is 0 Å². The zero-order valence-electron chi connectivity index (χ0n) is 10.9. The van der Waals surface area contributed by atoms with Crippen molar-refractivity contribution < 1.29 is 27.7 Å². The molecule has 1 rings (SSSR count). The summed E-state index contributed by atoms with van der Waals surface area (Å²) in [7, 11) is -1.29. The van der Waals surface area contributed by atoms with Gasteiger partial charge in [0.05, 0.1) is 6.08 Å². The predicted octanol–water partition coefficient (Wildman–Crippen LogP) is 2.91. The number of esters is 1. The van der Waals surface area contributed by atoms with Gasteiger partial charge in [0.1, 0.15) is 11.5 Å². The topological polar surface area (TPSA) is 71.1 Å². The molecule has 0 aromatic heterocycles. The highest BCUT2D eigenvalue weighted by atomic mass is 31.2. The van der Waals surface area contributed by atoms with E-state index >= 15 is 0 Å². The van der Waals surface area contributed by atoms with Crippen LogP contribution in [0.3, 0.4) is 0 Å². The highest BCUT2D eigenvalue weighted by molar-refractivity contribution is 7.48. The van der Waals surface area contributed by atoms with Crippen LogP contribution >= 0.6 is 7.82 Å². The van der Waals surface area contributed by atoms with Crippen LogP contribution in [0.1, 0.15) is 6.92 Å². The lowest BCUT2D eigenvalue weighted by Crippen LogP contribution is -2.05. The third-order valence-electron chi connectivity index (χ3n) is 1.99. The molecule has 0 atom stereocenters. The van der Waals surface area contributed by atoms with E-state index in [1.807, 2.05) is 0 Å². The highest BCUT2D eigenvalue weighted by Crippen LogP contribution is 2.49. The summed E-state index contributed by atoms with van der Waals surface area (Å²) in [6, 6.07) is 8.54. The van der Waals surface area contributed by atoms with Crippen molar-refractivity contribution in [2.75, 3.05) is 14.2 Å². The Kier molecular flexibility index (Phi) is 5.76. The van der Waals surface area contributed by atoms with Crippen molar-refractivity contribution in [2.45, 2.75) is 6.92 Å². The Morgan fingerprint density at radius 1 is 1.16 bits per heavy atom. The van der Waals surface area contributed by atoms with E-state index in [0.717, 1.165) is 6.08 Å². The molecule has 0 radical (unpaired) electrons. The molecule has 0 heterocycles. The molecule has 0 N–H and O–H groups in total. The van der Waals surface area contributed by atoms with Crippen molar-refractivity contribution in [3.05, 3.63) is 42.2 Å². The van der Waals surface area contributed by atoms with Gasteiger partial charge in [-0.15, -0.1) is 0 Å². The fraction of sp³-hybridized carbons (Fsp3) is 0.250. The first-order chi connectivity index (χ1) is 8.99. The standard InChI is InChI=1S/C12H15O6P/c1-10(18-19(14,15-2)16-3)9-12(13)17-11-7-5-4-6-8-11/h4-9H,1-3H3/b10-9+. The monoisotopic (exact) mass is 286 g/mol. The average molecular weight is 286 g/mol. The minimum absolute atomic E-state index is 0.0629. The van der Waals surface area contributed by atoms with Crippen molar-refractivity contribution in [1.29, 1.82) is 0 Å². The minimum atomic E-state index is -3.65. The fourth-order valence-corrected chi connectivity index (χ4v) is 1.86. The number of carbonyl (C=O) groups is 1. The zero-order chi connectivity index (χ0) is 14.3. The van der Waals surface area contributed by atoms with E-state index in [-0.39, 0.29) is 5.76 Å². The lowest BCUT2D eigenvalue weighted by atomic mass is 10.3. The summed E-state index contributed by atoms with van der Waals surface area (Å²) >= 11 is 0. The third-order valence-corrected chi connectivity index (χ3v) is 3.39. The molecule has 19 heavy (non-hydrogen) atoms. The Labute approximate surface area is 111 Å². The number of hydrogen-bond acceptors (Lipinski definition) is 6. The Morgan fingerprint density at radius 3 is 2.26 bits per heavy atom. The second kappa shape index (κ2) is 7.09. The minimum Gasteiger partial charge on any atom is -0.423 e. The molecule has 7 heteroatoms. The summed E-state index contributed by atoms with van der Waals surface area (Å²) in [5, 5.41) is 0. The Bertz CT molecular complexity index is 488. The first-order valence-electron chi connectivity index (χ1n) is 5.35. The molecule has 0 amide bonds. The van der Waals surface area contributed by atoms with Gasteiger partial charge in [-0.2, -0.15) is 0 Å². The molecule has 0 aliphatic heterocycles. The van der Waals surface area contributed by atoms with Crippen LogP contribution < -0.4 is 4.74 Å². The number of para-hydroxylation sites is 1. The molecule has 0 spiro atoms. The van der Waals surface area contributed by atoms with Crippen LogP contribution in [-0.4, -0.2) is 20.2 Å². The van der Waals surface area contributed by atoms with E-state index < -0.39 is 13.8 Å². The molecule has 0 aliphatic rings. The van der Waals surface area contributed by atoms with Crippen LogP contribution in [0.5, 0.6) is 5.75 Å². The van der Waals surface area contributed by atoms with E-state index in [1.165, 1.54) is 21.1 Å². The van der Waals surface area contributed by atoms with Gasteiger partial charge in [0.2, 0.25) is 0 Å². The smallest absolute Gasteiger partial charge is 0.423 e. The number of rotatable bonds is 6. The van der Waals surface area contributed by atoms with Gasteiger partial charge in [-0.25, -0.2) is 9.36 Å². The lowest BCUT2D eigenvalue weighted by molar-refractivity contribution is -0.129. The number of hydrogen-bond donors (Lipinski definition) is 0. The molecule has 0 unspecified atom stereocenters. The van der Waals surface area contributed by atoms with Crippen LogP contribution in [-0.2, 0) is 22.9 Å². The molecule has 0 fully saturated rings.